The lowest BCUT2D eigenvalue weighted by molar-refractivity contribution is 0.0966. The van der Waals surface area contributed by atoms with Crippen molar-refractivity contribution >= 4 is 39.1 Å². The smallest absolute Gasteiger partial charge is 0.257 e. The first-order chi connectivity index (χ1) is 15.6. The number of carbonyl (C=O) groups excluding carboxylic acids is 2. The van der Waals surface area contributed by atoms with Gasteiger partial charge in [-0.05, 0) is 64.0 Å². The summed E-state index contributed by atoms with van der Waals surface area (Å²) in [6, 6.07) is 21.9. The number of ketones is 1. The molecule has 2 aromatic heterocycles. The monoisotopic (exact) mass is 486 g/mol. The Morgan fingerprint density at radius 2 is 1.81 bits per heavy atom. The maximum atomic E-state index is 13.4. The van der Waals surface area contributed by atoms with Crippen molar-refractivity contribution in [2.45, 2.75) is 12.6 Å². The van der Waals surface area contributed by atoms with Crippen LogP contribution in [0.15, 0.2) is 89.7 Å². The Morgan fingerprint density at radius 3 is 2.62 bits per heavy atom. The number of Topliss-reactive ketones (excluding diaryl/α,β-unsaturated/α-hetero) is 1. The van der Waals surface area contributed by atoms with Crippen molar-refractivity contribution in [1.29, 1.82) is 0 Å². The number of anilines is 2. The molecule has 0 radical (unpaired) electrons. The van der Waals surface area contributed by atoms with Crippen molar-refractivity contribution in [3.63, 3.8) is 0 Å². The van der Waals surface area contributed by atoms with Crippen molar-refractivity contribution in [2.75, 3.05) is 10.6 Å². The molecule has 0 fully saturated rings. The van der Waals surface area contributed by atoms with E-state index in [0.29, 0.717) is 28.0 Å². The van der Waals surface area contributed by atoms with Gasteiger partial charge in [0.1, 0.15) is 11.9 Å². The highest BCUT2D eigenvalue weighted by molar-refractivity contribution is 9.10. The molecule has 0 saturated carbocycles. The largest absolute Gasteiger partial charge is 0.370 e. The highest BCUT2D eigenvalue weighted by Gasteiger charge is 2.28. The summed E-state index contributed by atoms with van der Waals surface area (Å²) in [6.45, 7) is 0.702. The maximum Gasteiger partial charge on any atom is 0.257 e. The summed E-state index contributed by atoms with van der Waals surface area (Å²) in [4.78, 5) is 30.2. The molecule has 32 heavy (non-hydrogen) atoms. The van der Waals surface area contributed by atoms with E-state index in [1.54, 1.807) is 30.3 Å². The highest BCUT2D eigenvalue weighted by atomic mass is 79.9. The van der Waals surface area contributed by atoms with E-state index in [9.17, 15) is 9.59 Å². The molecule has 2 N–H and O–H groups in total. The van der Waals surface area contributed by atoms with Gasteiger partial charge < -0.3 is 15.2 Å². The Hall–Kier alpha value is -3.71. The molecule has 0 bridgehead atoms. The number of rotatable bonds is 4. The van der Waals surface area contributed by atoms with Crippen molar-refractivity contribution < 1.29 is 9.59 Å². The molecule has 1 unspecified atom stereocenters. The highest BCUT2D eigenvalue weighted by Crippen LogP contribution is 2.31. The van der Waals surface area contributed by atoms with E-state index in [0.717, 1.165) is 16.9 Å². The molecule has 4 aromatic rings. The fourth-order valence-electron chi connectivity index (χ4n) is 3.85. The number of amides is 1. The Kier molecular flexibility index (Phi) is 5.33. The van der Waals surface area contributed by atoms with Crippen LogP contribution in [-0.2, 0) is 6.54 Å². The van der Waals surface area contributed by atoms with Gasteiger partial charge in [-0.25, -0.2) is 4.98 Å². The summed E-state index contributed by atoms with van der Waals surface area (Å²) < 4.78 is 2.79. The summed E-state index contributed by atoms with van der Waals surface area (Å²) >= 11 is 3.38. The normalized spacial score (nSPS) is 14.5. The Balaban J connectivity index is 1.38. The molecule has 0 saturated heterocycles. The molecule has 3 heterocycles. The van der Waals surface area contributed by atoms with Crippen LogP contribution >= 0.6 is 15.9 Å². The van der Waals surface area contributed by atoms with E-state index < -0.39 is 6.04 Å². The molecule has 1 aliphatic rings. The molecular formula is C25H19BrN4O2. The molecule has 0 aliphatic carbocycles. The Bertz CT molecular complexity index is 1310. The minimum atomic E-state index is -0.531. The van der Waals surface area contributed by atoms with Crippen molar-refractivity contribution in [3.8, 4) is 0 Å². The van der Waals surface area contributed by atoms with Crippen molar-refractivity contribution in [1.82, 2.24) is 9.55 Å². The lowest BCUT2D eigenvalue weighted by Gasteiger charge is -2.18. The van der Waals surface area contributed by atoms with Crippen LogP contribution in [0.4, 0.5) is 11.5 Å². The molecular weight excluding hydrogens is 468 g/mol. The summed E-state index contributed by atoms with van der Waals surface area (Å²) in [5.41, 5.74) is 3.95. The first-order valence-electron chi connectivity index (χ1n) is 10.2. The summed E-state index contributed by atoms with van der Waals surface area (Å²) in [5.74, 6) is 0.0200. The van der Waals surface area contributed by atoms with Crippen molar-refractivity contribution in [2.24, 2.45) is 0 Å². The third kappa shape index (κ3) is 3.83. The molecule has 1 atom stereocenters. The van der Waals surface area contributed by atoms with Gasteiger partial charge in [-0.3, -0.25) is 9.59 Å². The van der Waals surface area contributed by atoms with Gasteiger partial charge in [0.2, 0.25) is 0 Å². The van der Waals surface area contributed by atoms with Gasteiger partial charge in [-0.2, -0.15) is 0 Å². The molecule has 0 spiro atoms. The number of benzene rings is 2. The third-order valence-corrected chi connectivity index (χ3v) is 6.18. The first kappa shape index (κ1) is 20.2. The predicted octanol–water partition coefficient (Wildman–Crippen LogP) is 5.30. The van der Waals surface area contributed by atoms with Gasteiger partial charge in [0, 0.05) is 40.4 Å². The number of hydrogen-bond acceptors (Lipinski definition) is 4. The van der Waals surface area contributed by atoms with E-state index in [-0.39, 0.29) is 11.7 Å². The number of hydrogen-bond donors (Lipinski definition) is 2. The number of para-hydroxylation sites is 1. The number of nitrogens with zero attached hydrogens (tertiary/aromatic N) is 2. The predicted molar refractivity (Wildman–Crippen MR) is 127 cm³/mol. The van der Waals surface area contributed by atoms with Crippen LogP contribution in [0, 0.1) is 0 Å². The van der Waals surface area contributed by atoms with E-state index in [2.05, 4.69) is 42.2 Å². The van der Waals surface area contributed by atoms with Gasteiger partial charge >= 0.3 is 0 Å². The second-order valence-corrected chi connectivity index (χ2v) is 8.38. The number of nitrogens with one attached hydrogen (secondary N) is 2. The van der Waals surface area contributed by atoms with Crippen molar-refractivity contribution in [3.05, 3.63) is 112 Å². The molecule has 158 valence electrons. The topological polar surface area (TPSA) is 76.0 Å². The van der Waals surface area contributed by atoms with Crippen LogP contribution in [0.3, 0.4) is 0 Å². The molecule has 2 aromatic carbocycles. The van der Waals surface area contributed by atoms with Crippen LogP contribution in [0.2, 0.25) is 0 Å². The Morgan fingerprint density at radius 1 is 1.00 bits per heavy atom. The average Bonchev–Trinajstić information content (AvgIpc) is 3.20. The van der Waals surface area contributed by atoms with Gasteiger partial charge in [0.05, 0.1) is 5.56 Å². The lowest BCUT2D eigenvalue weighted by Crippen LogP contribution is -2.22. The SMILES string of the molecule is O=C(Nc1ccc(C(=O)C2Nc3ccccc3Cn3cccc32)cn1)c1ccccc1Br. The van der Waals surface area contributed by atoms with Gasteiger partial charge in [0.15, 0.2) is 5.78 Å². The number of pyridine rings is 1. The van der Waals surface area contributed by atoms with Crippen LogP contribution < -0.4 is 10.6 Å². The lowest BCUT2D eigenvalue weighted by atomic mass is 10.0. The third-order valence-electron chi connectivity index (χ3n) is 5.49. The van der Waals surface area contributed by atoms with Crippen LogP contribution in [0.5, 0.6) is 0 Å². The quantitative estimate of drug-likeness (QED) is 0.384. The van der Waals surface area contributed by atoms with E-state index in [1.165, 1.54) is 6.20 Å². The van der Waals surface area contributed by atoms with Gasteiger partial charge in [-0.15, -0.1) is 0 Å². The Labute approximate surface area is 193 Å². The zero-order valence-corrected chi connectivity index (χ0v) is 18.5. The number of carbonyl (C=O) groups is 2. The summed E-state index contributed by atoms with van der Waals surface area (Å²) in [7, 11) is 0. The fraction of sp³-hybridized carbons (Fsp3) is 0.0800. The summed E-state index contributed by atoms with van der Waals surface area (Å²) in [6.07, 6.45) is 3.49. The van der Waals surface area contributed by atoms with E-state index >= 15 is 0 Å². The van der Waals surface area contributed by atoms with Gasteiger partial charge in [-0.1, -0.05) is 30.3 Å². The molecule has 1 amide bonds. The van der Waals surface area contributed by atoms with Gasteiger partial charge in [0.25, 0.3) is 5.91 Å². The number of fused-ring (bicyclic) bond motifs is 2. The number of halogens is 1. The average molecular weight is 487 g/mol. The molecule has 1 aliphatic heterocycles. The minimum Gasteiger partial charge on any atom is -0.370 e. The second-order valence-electron chi connectivity index (χ2n) is 7.53. The van der Waals surface area contributed by atoms with Crippen LogP contribution in [0.1, 0.15) is 38.0 Å². The second kappa shape index (κ2) is 8.43. The zero-order valence-electron chi connectivity index (χ0n) is 17.0. The van der Waals surface area contributed by atoms with Crippen LogP contribution in [0.25, 0.3) is 0 Å². The first-order valence-corrected chi connectivity index (χ1v) is 10.9. The van der Waals surface area contributed by atoms with E-state index in [1.807, 2.05) is 42.6 Å². The minimum absolute atomic E-state index is 0.0853. The van der Waals surface area contributed by atoms with Crippen LogP contribution in [-0.4, -0.2) is 21.2 Å². The molecule has 6 nitrogen and oxygen atoms in total. The van der Waals surface area contributed by atoms with E-state index in [4.69, 9.17) is 0 Å². The summed E-state index contributed by atoms with van der Waals surface area (Å²) in [5, 5.41) is 6.17. The molecule has 5 rings (SSSR count). The fourth-order valence-corrected chi connectivity index (χ4v) is 4.32. The zero-order chi connectivity index (χ0) is 22.1. The standard InChI is InChI=1S/C25H19BrN4O2/c26-19-8-3-2-7-18(19)25(32)29-22-12-11-16(14-27-22)24(31)23-21-10-5-13-30(21)15-17-6-1-4-9-20(17)28-23/h1-14,23,28H,15H2,(H,27,29,32). The molecule has 7 heteroatoms. The maximum absolute atomic E-state index is 13.4. The number of aromatic nitrogens is 2.